The molecule has 2 N–H and O–H groups in total. The summed E-state index contributed by atoms with van der Waals surface area (Å²) in [5.74, 6) is -1.04. The smallest absolute Gasteiger partial charge is 0.335 e. The van der Waals surface area contributed by atoms with Crippen molar-refractivity contribution in [1.82, 2.24) is 9.88 Å². The number of methoxy groups -OCH3 is 1. The van der Waals surface area contributed by atoms with Crippen LogP contribution in [0.1, 0.15) is 21.5 Å². The number of aromatic nitrogens is 1. The average Bonchev–Trinajstić information content (AvgIpc) is 3.45. The fraction of sp³-hybridized carbons (Fsp3) is 0.107. The van der Waals surface area contributed by atoms with E-state index in [4.69, 9.17) is 22.1 Å². The molecule has 0 bridgehead atoms. The Balaban J connectivity index is 1.38. The first-order chi connectivity index (χ1) is 17.8. The maximum Gasteiger partial charge on any atom is 0.335 e. The predicted octanol–water partition coefficient (Wildman–Crippen LogP) is 6.12. The van der Waals surface area contributed by atoms with Gasteiger partial charge in [0.2, 0.25) is 0 Å². The van der Waals surface area contributed by atoms with Crippen molar-refractivity contribution in [2.24, 2.45) is 0 Å². The van der Waals surface area contributed by atoms with Crippen LogP contribution in [0.5, 0.6) is 5.75 Å². The minimum atomic E-state index is -0.983. The lowest BCUT2D eigenvalue weighted by molar-refractivity contribution is -0.122. The van der Waals surface area contributed by atoms with Gasteiger partial charge in [-0.1, -0.05) is 42.2 Å². The van der Waals surface area contributed by atoms with E-state index in [1.807, 2.05) is 12.1 Å². The summed E-state index contributed by atoms with van der Waals surface area (Å²) < 4.78 is 20.9. The lowest BCUT2D eigenvalue weighted by Gasteiger charge is -2.14. The predicted molar refractivity (Wildman–Crippen MR) is 147 cm³/mol. The third-order valence-electron chi connectivity index (χ3n) is 6.15. The van der Waals surface area contributed by atoms with E-state index in [1.165, 1.54) is 24.9 Å². The number of carboxylic acids is 1. The SMILES string of the molecule is COc1ccc(/C=C2\SC(=S)N(CCc3ccc(C(=O)O)cc3)C2=O)cc1-c1cc2cc[nH]c2cc1F. The van der Waals surface area contributed by atoms with Gasteiger partial charge < -0.3 is 14.8 Å². The van der Waals surface area contributed by atoms with Gasteiger partial charge in [0.1, 0.15) is 15.9 Å². The van der Waals surface area contributed by atoms with Gasteiger partial charge in [0.05, 0.1) is 17.6 Å². The van der Waals surface area contributed by atoms with Crippen molar-refractivity contribution in [3.05, 3.63) is 94.3 Å². The minimum Gasteiger partial charge on any atom is -0.496 e. The highest BCUT2D eigenvalue weighted by molar-refractivity contribution is 8.26. The van der Waals surface area contributed by atoms with Crippen LogP contribution in [0.4, 0.5) is 4.39 Å². The third-order valence-corrected chi connectivity index (χ3v) is 7.53. The summed E-state index contributed by atoms with van der Waals surface area (Å²) in [5.41, 5.74) is 3.53. The Morgan fingerprint density at radius 1 is 1.14 bits per heavy atom. The van der Waals surface area contributed by atoms with Crippen molar-refractivity contribution in [3.63, 3.8) is 0 Å². The molecule has 0 radical (unpaired) electrons. The third kappa shape index (κ3) is 5.00. The number of ether oxygens (including phenoxy) is 1. The van der Waals surface area contributed by atoms with Crippen molar-refractivity contribution in [2.75, 3.05) is 13.7 Å². The van der Waals surface area contributed by atoms with E-state index in [1.54, 1.807) is 59.6 Å². The zero-order chi connectivity index (χ0) is 26.1. The number of hydrogen-bond donors (Lipinski definition) is 2. The summed E-state index contributed by atoms with van der Waals surface area (Å²) in [5, 5.41) is 9.93. The van der Waals surface area contributed by atoms with Gasteiger partial charge in [-0.2, -0.15) is 0 Å². The molecule has 1 aliphatic rings. The van der Waals surface area contributed by atoms with Gasteiger partial charge in [0.15, 0.2) is 0 Å². The van der Waals surface area contributed by atoms with Crippen LogP contribution >= 0.6 is 24.0 Å². The molecule has 2 heterocycles. The van der Waals surface area contributed by atoms with Gasteiger partial charge in [-0.15, -0.1) is 0 Å². The number of hydrogen-bond acceptors (Lipinski definition) is 5. The molecule has 9 heteroatoms. The number of aromatic amines is 1. The number of carbonyl (C=O) groups is 2. The second-order valence-corrected chi connectivity index (χ2v) is 10.1. The number of thioether (sulfide) groups is 1. The number of H-pyrrole nitrogens is 1. The summed E-state index contributed by atoms with van der Waals surface area (Å²) in [4.78, 5) is 29.2. The number of carbonyl (C=O) groups excluding carboxylic acids is 1. The molecule has 4 aromatic rings. The van der Waals surface area contributed by atoms with Gasteiger partial charge >= 0.3 is 5.97 Å². The van der Waals surface area contributed by atoms with Crippen LogP contribution in [0.3, 0.4) is 0 Å². The van der Waals surface area contributed by atoms with E-state index in [0.29, 0.717) is 50.1 Å². The molecule has 186 valence electrons. The number of amides is 1. The molecule has 1 fully saturated rings. The molecule has 0 saturated carbocycles. The molecule has 1 amide bonds. The summed E-state index contributed by atoms with van der Waals surface area (Å²) >= 11 is 6.67. The maximum absolute atomic E-state index is 15.0. The minimum absolute atomic E-state index is 0.200. The monoisotopic (exact) mass is 532 g/mol. The highest BCUT2D eigenvalue weighted by Crippen LogP contribution is 2.37. The van der Waals surface area contributed by atoms with E-state index in [-0.39, 0.29) is 17.3 Å². The van der Waals surface area contributed by atoms with Crippen LogP contribution in [0.2, 0.25) is 0 Å². The zero-order valence-electron chi connectivity index (χ0n) is 19.7. The molecule has 0 atom stereocenters. The van der Waals surface area contributed by atoms with E-state index >= 15 is 0 Å². The standard InChI is InChI=1S/C28H21FN2O4S2/c1-35-24-7-4-17(12-21(24)20-14-19-8-10-30-23(19)15-22(20)29)13-25-26(32)31(28(36)37-25)11-9-16-2-5-18(6-3-16)27(33)34/h2-8,10,12-15,30H,9,11H2,1H3,(H,33,34)/b25-13-. The molecule has 1 aliphatic heterocycles. The Kier molecular flexibility index (Phi) is 6.82. The lowest BCUT2D eigenvalue weighted by Crippen LogP contribution is -2.30. The Morgan fingerprint density at radius 2 is 1.92 bits per heavy atom. The topological polar surface area (TPSA) is 82.6 Å². The first-order valence-electron chi connectivity index (χ1n) is 11.4. The van der Waals surface area contributed by atoms with Crippen LogP contribution in [0.25, 0.3) is 28.1 Å². The van der Waals surface area contributed by atoms with E-state index < -0.39 is 5.97 Å². The van der Waals surface area contributed by atoms with Crippen LogP contribution in [0.15, 0.2) is 71.8 Å². The number of fused-ring (bicyclic) bond motifs is 1. The largest absolute Gasteiger partial charge is 0.496 e. The number of thiocarbonyl (C=S) groups is 1. The Morgan fingerprint density at radius 3 is 2.65 bits per heavy atom. The zero-order valence-corrected chi connectivity index (χ0v) is 21.3. The molecule has 5 rings (SSSR count). The fourth-order valence-corrected chi connectivity index (χ4v) is 5.51. The molecular weight excluding hydrogens is 511 g/mol. The molecular formula is C28H21FN2O4S2. The summed E-state index contributed by atoms with van der Waals surface area (Å²) in [7, 11) is 1.53. The van der Waals surface area contributed by atoms with Crippen molar-refractivity contribution < 1.29 is 23.8 Å². The van der Waals surface area contributed by atoms with E-state index in [0.717, 1.165) is 10.9 Å². The second-order valence-electron chi connectivity index (χ2n) is 8.44. The number of nitrogens with zero attached hydrogens (tertiary/aromatic N) is 1. The molecule has 0 unspecified atom stereocenters. The van der Waals surface area contributed by atoms with Crippen LogP contribution < -0.4 is 4.74 Å². The molecule has 6 nitrogen and oxygen atoms in total. The quantitative estimate of drug-likeness (QED) is 0.220. The van der Waals surface area contributed by atoms with Crippen LogP contribution in [-0.4, -0.2) is 44.8 Å². The normalized spacial score (nSPS) is 14.6. The molecule has 0 aliphatic carbocycles. The highest BCUT2D eigenvalue weighted by Gasteiger charge is 2.31. The van der Waals surface area contributed by atoms with E-state index in [9.17, 15) is 14.0 Å². The first-order valence-corrected chi connectivity index (χ1v) is 12.6. The van der Waals surface area contributed by atoms with Crippen molar-refractivity contribution in [2.45, 2.75) is 6.42 Å². The summed E-state index contributed by atoms with van der Waals surface area (Å²) in [6.07, 6.45) is 4.04. The number of nitrogens with one attached hydrogen (secondary N) is 1. The number of halogens is 1. The first kappa shape index (κ1) is 24.7. The molecule has 37 heavy (non-hydrogen) atoms. The lowest BCUT2D eigenvalue weighted by atomic mass is 9.99. The summed E-state index contributed by atoms with van der Waals surface area (Å²) in [6.45, 7) is 0.379. The molecule has 1 saturated heterocycles. The molecule has 1 aromatic heterocycles. The van der Waals surface area contributed by atoms with Crippen molar-refractivity contribution in [3.8, 4) is 16.9 Å². The van der Waals surface area contributed by atoms with Gasteiger partial charge in [-0.3, -0.25) is 9.69 Å². The Hall–Kier alpha value is -3.95. The number of carboxylic acid groups (broad SMARTS) is 1. The van der Waals surface area contributed by atoms with E-state index in [2.05, 4.69) is 4.98 Å². The Bertz CT molecular complexity index is 1580. The van der Waals surface area contributed by atoms with Gasteiger partial charge in [-0.05, 0) is 66.1 Å². The maximum atomic E-state index is 15.0. The van der Waals surface area contributed by atoms with Crippen molar-refractivity contribution in [1.29, 1.82) is 0 Å². The van der Waals surface area contributed by atoms with Gasteiger partial charge in [0.25, 0.3) is 5.91 Å². The number of rotatable bonds is 7. The average molecular weight is 533 g/mol. The fourth-order valence-electron chi connectivity index (χ4n) is 4.21. The summed E-state index contributed by atoms with van der Waals surface area (Å²) in [6, 6.07) is 17.0. The second kappa shape index (κ2) is 10.2. The molecule has 3 aromatic carbocycles. The van der Waals surface area contributed by atoms with Gasteiger partial charge in [0, 0.05) is 34.8 Å². The Labute approximate surface area is 221 Å². The number of benzene rings is 3. The number of aromatic carboxylic acids is 1. The molecule has 0 spiro atoms. The van der Waals surface area contributed by atoms with Crippen LogP contribution in [0, 0.1) is 5.82 Å². The van der Waals surface area contributed by atoms with Crippen molar-refractivity contribution >= 4 is 57.2 Å². The van der Waals surface area contributed by atoms with Crippen LogP contribution in [-0.2, 0) is 11.2 Å². The van der Waals surface area contributed by atoms with Gasteiger partial charge in [-0.25, -0.2) is 9.18 Å². The highest BCUT2D eigenvalue weighted by atomic mass is 32.2.